The van der Waals surface area contributed by atoms with Crippen LogP contribution in [0.3, 0.4) is 0 Å². The Bertz CT molecular complexity index is 540. The number of nitrogens with zero attached hydrogens (tertiary/aromatic N) is 3. The number of hydrogen-bond donors (Lipinski definition) is 0. The average Bonchev–Trinajstić information content (AvgIpc) is 2.53. The molecule has 2 atom stereocenters. The standard InChI is InChI=1S/C15H18BrN3O/c1-11-8-10-18(2)15(20)14(7-9-17)19(11)13-6-4-3-5-12(13)16/h3-6,11,14H,7-8,10H2,1-2H3. The lowest BCUT2D eigenvalue weighted by Crippen LogP contribution is -2.47. The van der Waals surface area contributed by atoms with Gasteiger partial charge in [0.2, 0.25) is 5.91 Å². The first-order valence-electron chi connectivity index (χ1n) is 6.71. The second-order valence-electron chi connectivity index (χ2n) is 5.13. The van der Waals surface area contributed by atoms with Crippen molar-refractivity contribution in [2.45, 2.75) is 31.8 Å². The topological polar surface area (TPSA) is 47.3 Å². The zero-order valence-electron chi connectivity index (χ0n) is 11.7. The molecule has 1 aromatic carbocycles. The van der Waals surface area contributed by atoms with Crippen LogP contribution in [0, 0.1) is 11.3 Å². The highest BCUT2D eigenvalue weighted by Gasteiger charge is 2.35. The minimum Gasteiger partial charge on any atom is -0.355 e. The molecule has 0 spiro atoms. The number of anilines is 1. The van der Waals surface area contributed by atoms with E-state index in [1.54, 1.807) is 4.90 Å². The van der Waals surface area contributed by atoms with E-state index in [9.17, 15) is 4.79 Å². The maximum atomic E-state index is 12.5. The van der Waals surface area contributed by atoms with Crippen molar-refractivity contribution >= 4 is 27.5 Å². The third-order valence-electron chi connectivity index (χ3n) is 3.77. The second-order valence-corrected chi connectivity index (χ2v) is 5.99. The van der Waals surface area contributed by atoms with E-state index in [1.807, 2.05) is 31.3 Å². The summed E-state index contributed by atoms with van der Waals surface area (Å²) >= 11 is 3.55. The van der Waals surface area contributed by atoms with Gasteiger partial charge in [0.15, 0.2) is 0 Å². The van der Waals surface area contributed by atoms with Crippen molar-refractivity contribution < 1.29 is 4.79 Å². The van der Waals surface area contributed by atoms with Crippen molar-refractivity contribution in [2.75, 3.05) is 18.5 Å². The van der Waals surface area contributed by atoms with Crippen molar-refractivity contribution in [1.82, 2.24) is 4.90 Å². The Balaban J connectivity index is 2.47. The predicted octanol–water partition coefficient (Wildman–Crippen LogP) is 2.79. The Morgan fingerprint density at radius 1 is 1.45 bits per heavy atom. The molecule has 1 aromatic rings. The molecule has 1 heterocycles. The first kappa shape index (κ1) is 14.9. The number of para-hydroxylation sites is 1. The van der Waals surface area contributed by atoms with Crippen LogP contribution < -0.4 is 4.90 Å². The first-order chi connectivity index (χ1) is 9.56. The summed E-state index contributed by atoms with van der Waals surface area (Å²) in [5.41, 5.74) is 0.976. The normalized spacial score (nSPS) is 23.4. The van der Waals surface area contributed by atoms with Crippen molar-refractivity contribution in [3.05, 3.63) is 28.7 Å². The Morgan fingerprint density at radius 2 is 2.15 bits per heavy atom. The van der Waals surface area contributed by atoms with E-state index in [0.29, 0.717) is 0 Å². The van der Waals surface area contributed by atoms with E-state index in [1.165, 1.54) is 0 Å². The molecule has 4 nitrogen and oxygen atoms in total. The summed E-state index contributed by atoms with van der Waals surface area (Å²) in [6.07, 6.45) is 1.10. The number of nitriles is 1. The highest BCUT2D eigenvalue weighted by atomic mass is 79.9. The van der Waals surface area contributed by atoms with Crippen LogP contribution in [0.25, 0.3) is 0 Å². The molecule has 1 amide bonds. The number of amides is 1. The molecule has 0 aliphatic carbocycles. The van der Waals surface area contributed by atoms with Crippen molar-refractivity contribution in [3.8, 4) is 6.07 Å². The lowest BCUT2D eigenvalue weighted by atomic mass is 10.1. The molecule has 0 aromatic heterocycles. The van der Waals surface area contributed by atoms with E-state index in [2.05, 4.69) is 33.8 Å². The minimum atomic E-state index is -0.416. The van der Waals surface area contributed by atoms with Crippen molar-refractivity contribution in [2.24, 2.45) is 0 Å². The maximum absolute atomic E-state index is 12.5. The molecular weight excluding hydrogens is 318 g/mol. The number of carbonyl (C=O) groups excluding carboxylic acids is 1. The molecule has 0 radical (unpaired) electrons. The van der Waals surface area contributed by atoms with Gasteiger partial charge < -0.3 is 9.80 Å². The van der Waals surface area contributed by atoms with Gasteiger partial charge in [0.05, 0.1) is 18.2 Å². The summed E-state index contributed by atoms with van der Waals surface area (Å²) in [5.74, 6) is 0.0200. The molecule has 2 rings (SSSR count). The van der Waals surface area contributed by atoms with Gasteiger partial charge in [-0.3, -0.25) is 4.79 Å². The number of likely N-dealkylation sites (N-methyl/N-ethyl adjacent to an activating group) is 1. The van der Waals surface area contributed by atoms with Gasteiger partial charge in [-0.15, -0.1) is 0 Å². The fraction of sp³-hybridized carbons (Fsp3) is 0.467. The molecule has 1 fully saturated rings. The average molecular weight is 336 g/mol. The molecule has 1 aliphatic rings. The molecule has 5 heteroatoms. The van der Waals surface area contributed by atoms with Gasteiger partial charge in [0.1, 0.15) is 6.04 Å². The van der Waals surface area contributed by atoms with Gasteiger partial charge in [-0.05, 0) is 41.4 Å². The number of rotatable bonds is 2. The Hall–Kier alpha value is -1.54. The third-order valence-corrected chi connectivity index (χ3v) is 4.44. The third kappa shape index (κ3) is 2.80. The second kappa shape index (κ2) is 6.27. The quantitative estimate of drug-likeness (QED) is 0.834. The van der Waals surface area contributed by atoms with Crippen LogP contribution in [-0.4, -0.2) is 36.5 Å². The lowest BCUT2D eigenvalue weighted by molar-refractivity contribution is -0.130. The van der Waals surface area contributed by atoms with Crippen LogP contribution in [0.1, 0.15) is 19.8 Å². The molecule has 0 bridgehead atoms. The maximum Gasteiger partial charge on any atom is 0.246 e. The highest BCUT2D eigenvalue weighted by molar-refractivity contribution is 9.10. The lowest BCUT2D eigenvalue weighted by Gasteiger charge is -2.35. The molecule has 0 saturated carbocycles. The molecule has 1 aliphatic heterocycles. The summed E-state index contributed by atoms with van der Waals surface area (Å²) in [5, 5.41) is 9.08. The summed E-state index contributed by atoms with van der Waals surface area (Å²) in [7, 11) is 1.81. The Morgan fingerprint density at radius 3 is 2.80 bits per heavy atom. The van der Waals surface area contributed by atoms with Gasteiger partial charge in [-0.25, -0.2) is 0 Å². The molecular formula is C15H18BrN3O. The fourth-order valence-corrected chi connectivity index (χ4v) is 3.14. The van der Waals surface area contributed by atoms with Gasteiger partial charge in [-0.2, -0.15) is 5.26 Å². The Labute approximate surface area is 128 Å². The van der Waals surface area contributed by atoms with Gasteiger partial charge >= 0.3 is 0 Å². The smallest absolute Gasteiger partial charge is 0.246 e. The minimum absolute atomic E-state index is 0.0200. The SMILES string of the molecule is CC1CCN(C)C(=O)C(CC#N)N1c1ccccc1Br. The van der Waals surface area contributed by atoms with E-state index in [0.717, 1.165) is 23.1 Å². The number of hydrogen-bond acceptors (Lipinski definition) is 3. The van der Waals surface area contributed by atoms with Gasteiger partial charge in [0.25, 0.3) is 0 Å². The van der Waals surface area contributed by atoms with Crippen LogP contribution in [0.4, 0.5) is 5.69 Å². The molecule has 0 N–H and O–H groups in total. The number of benzene rings is 1. The van der Waals surface area contributed by atoms with Crippen LogP contribution >= 0.6 is 15.9 Å². The zero-order valence-corrected chi connectivity index (χ0v) is 13.3. The van der Waals surface area contributed by atoms with Crippen molar-refractivity contribution in [3.63, 3.8) is 0 Å². The van der Waals surface area contributed by atoms with Crippen molar-refractivity contribution in [1.29, 1.82) is 5.26 Å². The number of carbonyl (C=O) groups is 1. The fourth-order valence-electron chi connectivity index (χ4n) is 2.65. The van der Waals surface area contributed by atoms with Crippen LogP contribution in [0.2, 0.25) is 0 Å². The molecule has 20 heavy (non-hydrogen) atoms. The largest absolute Gasteiger partial charge is 0.355 e. The van der Waals surface area contributed by atoms with Crippen LogP contribution in [0.15, 0.2) is 28.7 Å². The monoisotopic (exact) mass is 335 g/mol. The first-order valence-corrected chi connectivity index (χ1v) is 7.50. The van der Waals surface area contributed by atoms with E-state index in [-0.39, 0.29) is 18.4 Å². The summed E-state index contributed by atoms with van der Waals surface area (Å²) < 4.78 is 0.951. The Kier molecular flexibility index (Phi) is 4.66. The van der Waals surface area contributed by atoms with E-state index >= 15 is 0 Å². The summed E-state index contributed by atoms with van der Waals surface area (Å²) in [6.45, 7) is 2.83. The molecule has 1 saturated heterocycles. The molecule has 106 valence electrons. The van der Waals surface area contributed by atoms with Crippen LogP contribution in [-0.2, 0) is 4.79 Å². The highest BCUT2D eigenvalue weighted by Crippen LogP contribution is 2.32. The zero-order chi connectivity index (χ0) is 14.7. The molecule has 2 unspecified atom stereocenters. The van der Waals surface area contributed by atoms with Gasteiger partial charge in [-0.1, -0.05) is 12.1 Å². The van der Waals surface area contributed by atoms with Crippen LogP contribution in [0.5, 0.6) is 0 Å². The predicted molar refractivity (Wildman–Crippen MR) is 82.4 cm³/mol. The number of halogens is 1. The van der Waals surface area contributed by atoms with Gasteiger partial charge in [0, 0.05) is 24.1 Å². The summed E-state index contributed by atoms with van der Waals surface area (Å²) in [4.78, 5) is 16.3. The van der Waals surface area contributed by atoms with E-state index < -0.39 is 6.04 Å². The van der Waals surface area contributed by atoms with E-state index in [4.69, 9.17) is 5.26 Å². The summed E-state index contributed by atoms with van der Waals surface area (Å²) in [6, 6.07) is 9.80.